The van der Waals surface area contributed by atoms with Crippen molar-refractivity contribution in [3.05, 3.63) is 36.0 Å². The largest absolute Gasteiger partial charge is 1.00 e. The molecule has 154 valence electrons. The summed E-state index contributed by atoms with van der Waals surface area (Å²) in [6, 6.07) is 7.95. The van der Waals surface area contributed by atoms with E-state index >= 15 is 0 Å². The molecule has 2 bridgehead atoms. The number of aliphatic hydroxyl groups is 1. The Labute approximate surface area is 174 Å². The first kappa shape index (κ1) is 21.4. The summed E-state index contributed by atoms with van der Waals surface area (Å²) in [7, 11) is 0. The summed E-state index contributed by atoms with van der Waals surface area (Å²) >= 11 is 0. The van der Waals surface area contributed by atoms with Crippen LogP contribution in [-0.4, -0.2) is 40.2 Å². The van der Waals surface area contributed by atoms with E-state index in [9.17, 15) is 5.11 Å². The molecule has 0 saturated carbocycles. The molecule has 28 heavy (non-hydrogen) atoms. The number of aromatic nitrogens is 1. The molecule has 2 unspecified atom stereocenters. The van der Waals surface area contributed by atoms with E-state index in [0.717, 1.165) is 41.7 Å². The van der Waals surface area contributed by atoms with Gasteiger partial charge in [-0.05, 0) is 80.8 Å². The van der Waals surface area contributed by atoms with Crippen LogP contribution in [0.5, 0.6) is 5.75 Å². The first-order valence-corrected chi connectivity index (χ1v) is 10.4. The molecule has 5 heteroatoms. The van der Waals surface area contributed by atoms with Crippen LogP contribution in [0.3, 0.4) is 0 Å². The van der Waals surface area contributed by atoms with Crippen LogP contribution in [0.25, 0.3) is 10.9 Å². The van der Waals surface area contributed by atoms with Crippen LogP contribution in [0.2, 0.25) is 0 Å². The van der Waals surface area contributed by atoms with Gasteiger partial charge < -0.3 is 22.3 Å². The van der Waals surface area contributed by atoms with E-state index in [2.05, 4.69) is 30.7 Å². The van der Waals surface area contributed by atoms with Gasteiger partial charge in [-0.15, -0.1) is 0 Å². The topological polar surface area (TPSA) is 45.6 Å². The van der Waals surface area contributed by atoms with Crippen LogP contribution < -0.4 is 17.1 Å². The molecule has 3 fully saturated rings. The number of ether oxygens (including phenoxy) is 1. The molecular formula is C23H32ClN2O2-. The molecule has 4 nitrogen and oxygen atoms in total. The monoisotopic (exact) mass is 403 g/mol. The van der Waals surface area contributed by atoms with E-state index in [1.54, 1.807) is 0 Å². The van der Waals surface area contributed by atoms with Gasteiger partial charge in [0.2, 0.25) is 0 Å². The Kier molecular flexibility index (Phi) is 5.96. The zero-order chi connectivity index (χ0) is 19.2. The molecule has 2 aromatic rings. The maximum Gasteiger partial charge on any atom is 0.120 e. The predicted molar refractivity (Wildman–Crippen MR) is 109 cm³/mol. The van der Waals surface area contributed by atoms with Gasteiger partial charge >= 0.3 is 0 Å². The third kappa shape index (κ3) is 3.30. The van der Waals surface area contributed by atoms with Crippen molar-refractivity contribution in [1.29, 1.82) is 0 Å². The molecule has 1 aromatic heterocycles. The van der Waals surface area contributed by atoms with Gasteiger partial charge in [-0.25, -0.2) is 0 Å². The third-order valence-electron chi connectivity index (χ3n) is 7.42. The van der Waals surface area contributed by atoms with Crippen molar-refractivity contribution in [3.63, 3.8) is 0 Å². The van der Waals surface area contributed by atoms with Gasteiger partial charge in [-0.3, -0.25) is 9.88 Å². The Morgan fingerprint density at radius 3 is 2.71 bits per heavy atom. The Bertz CT molecular complexity index is 844. The summed E-state index contributed by atoms with van der Waals surface area (Å²) in [5, 5.41) is 12.6. The SMILES string of the molecule is CCOc1ccc2nccc([C@@H](O)[C@]3(C)CC4CCN3C[C@]4(C)CC)c2c1.[Cl-]. The summed E-state index contributed by atoms with van der Waals surface area (Å²) in [6.07, 6.45) is 4.78. The Morgan fingerprint density at radius 1 is 1.29 bits per heavy atom. The lowest BCUT2D eigenvalue weighted by molar-refractivity contribution is -0.146. The van der Waals surface area contributed by atoms with Crippen LogP contribution in [0.4, 0.5) is 0 Å². The van der Waals surface area contributed by atoms with Crippen molar-refractivity contribution >= 4 is 10.9 Å². The Balaban J connectivity index is 0.00000225. The van der Waals surface area contributed by atoms with Crippen molar-refractivity contribution in [2.24, 2.45) is 11.3 Å². The summed E-state index contributed by atoms with van der Waals surface area (Å²) in [4.78, 5) is 7.04. The van der Waals surface area contributed by atoms with Gasteiger partial charge in [0, 0.05) is 23.7 Å². The molecule has 3 saturated heterocycles. The number of hydrogen-bond acceptors (Lipinski definition) is 4. The molecule has 1 N–H and O–H groups in total. The second kappa shape index (κ2) is 7.81. The number of nitrogens with zero attached hydrogens (tertiary/aromatic N) is 2. The predicted octanol–water partition coefficient (Wildman–Crippen LogP) is 1.57. The van der Waals surface area contributed by atoms with E-state index in [1.165, 1.54) is 12.8 Å². The molecule has 0 amide bonds. The fraction of sp³-hybridized carbons (Fsp3) is 0.609. The van der Waals surface area contributed by atoms with Crippen molar-refractivity contribution in [3.8, 4) is 5.75 Å². The first-order chi connectivity index (χ1) is 12.9. The fourth-order valence-electron chi connectivity index (χ4n) is 5.38. The highest BCUT2D eigenvalue weighted by atomic mass is 35.5. The van der Waals surface area contributed by atoms with Crippen LogP contribution in [0.1, 0.15) is 58.6 Å². The van der Waals surface area contributed by atoms with Crippen molar-refractivity contribution in [2.45, 2.75) is 58.6 Å². The van der Waals surface area contributed by atoms with E-state index in [-0.39, 0.29) is 17.9 Å². The van der Waals surface area contributed by atoms with Gasteiger partial charge in [0.05, 0.1) is 18.2 Å². The van der Waals surface area contributed by atoms with Gasteiger partial charge in [0.15, 0.2) is 0 Å². The quantitative estimate of drug-likeness (QED) is 0.823. The summed E-state index contributed by atoms with van der Waals surface area (Å²) < 4.78 is 5.69. The molecule has 3 aliphatic heterocycles. The van der Waals surface area contributed by atoms with Gasteiger partial charge in [-0.2, -0.15) is 0 Å². The average Bonchev–Trinajstić information content (AvgIpc) is 2.68. The number of piperidine rings is 3. The minimum Gasteiger partial charge on any atom is -1.00 e. The minimum absolute atomic E-state index is 0. The number of rotatable bonds is 5. The average molecular weight is 404 g/mol. The van der Waals surface area contributed by atoms with E-state index in [1.807, 2.05) is 37.4 Å². The smallest absolute Gasteiger partial charge is 0.120 e. The molecule has 4 heterocycles. The third-order valence-corrected chi connectivity index (χ3v) is 7.42. The highest BCUT2D eigenvalue weighted by molar-refractivity contribution is 5.84. The second-order valence-corrected chi connectivity index (χ2v) is 8.89. The van der Waals surface area contributed by atoms with Gasteiger partial charge in [0.25, 0.3) is 0 Å². The lowest BCUT2D eigenvalue weighted by Crippen LogP contribution is -3.00. The summed E-state index contributed by atoms with van der Waals surface area (Å²) in [5.41, 5.74) is 2.02. The van der Waals surface area contributed by atoms with E-state index in [0.29, 0.717) is 17.9 Å². The molecule has 0 aliphatic carbocycles. The van der Waals surface area contributed by atoms with Gasteiger partial charge in [-0.1, -0.05) is 13.8 Å². The second-order valence-electron chi connectivity index (χ2n) is 8.89. The fourth-order valence-corrected chi connectivity index (χ4v) is 5.38. The van der Waals surface area contributed by atoms with Crippen LogP contribution in [-0.2, 0) is 0 Å². The number of pyridine rings is 1. The molecule has 5 rings (SSSR count). The highest BCUT2D eigenvalue weighted by Crippen LogP contribution is 2.54. The molecule has 5 atom stereocenters. The maximum atomic E-state index is 11.6. The minimum atomic E-state index is -0.538. The van der Waals surface area contributed by atoms with E-state index in [4.69, 9.17) is 4.74 Å². The standard InChI is InChI=1S/C23H32N2O2.ClH/c1-5-22(3)15-25-12-10-16(22)14-23(25,4)21(26)18-9-11-24-20-8-7-17(27-6-2)13-19(18)20;/h7-9,11,13,16,21,26H,5-6,10,12,14-15H2,1-4H3;1H/p-1/t16?,21-,22+,23+;/m1./s1. The first-order valence-electron chi connectivity index (χ1n) is 10.4. The van der Waals surface area contributed by atoms with Crippen molar-refractivity contribution < 1.29 is 22.3 Å². The maximum absolute atomic E-state index is 11.6. The number of halogens is 1. The van der Waals surface area contributed by atoms with Crippen LogP contribution >= 0.6 is 0 Å². The summed E-state index contributed by atoms with van der Waals surface area (Å²) in [5.74, 6) is 1.51. The van der Waals surface area contributed by atoms with Crippen LogP contribution in [0, 0.1) is 11.3 Å². The highest BCUT2D eigenvalue weighted by Gasteiger charge is 2.54. The van der Waals surface area contributed by atoms with Crippen molar-refractivity contribution in [1.82, 2.24) is 9.88 Å². The zero-order valence-corrected chi connectivity index (χ0v) is 18.2. The number of fused-ring (bicyclic) bond motifs is 4. The normalized spacial score (nSPS) is 32.8. The Morgan fingerprint density at radius 2 is 2.07 bits per heavy atom. The van der Waals surface area contributed by atoms with Crippen LogP contribution in [0.15, 0.2) is 30.5 Å². The van der Waals surface area contributed by atoms with Crippen molar-refractivity contribution in [2.75, 3.05) is 19.7 Å². The molecule has 0 spiro atoms. The van der Waals surface area contributed by atoms with Gasteiger partial charge in [0.1, 0.15) is 5.75 Å². The lowest BCUT2D eigenvalue weighted by atomic mass is 9.59. The molecule has 1 aromatic carbocycles. The zero-order valence-electron chi connectivity index (χ0n) is 17.4. The lowest BCUT2D eigenvalue weighted by Gasteiger charge is -2.61. The number of aliphatic hydroxyl groups excluding tert-OH is 1. The summed E-state index contributed by atoms with van der Waals surface area (Å²) in [6.45, 7) is 11.8. The number of hydrogen-bond donors (Lipinski definition) is 1. The van der Waals surface area contributed by atoms with E-state index < -0.39 is 6.10 Å². The molecule has 0 radical (unpaired) electrons. The molecular weight excluding hydrogens is 372 g/mol. The Hall–Kier alpha value is -1.36. The number of benzene rings is 1. The molecule has 3 aliphatic rings.